The second kappa shape index (κ2) is 7.30. The van der Waals surface area contributed by atoms with Gasteiger partial charge in [-0.05, 0) is 6.42 Å². The normalized spacial score (nSPS) is 8.77. The van der Waals surface area contributed by atoms with Crippen LogP contribution in [-0.4, -0.2) is 27.2 Å². The first-order valence-corrected chi connectivity index (χ1v) is 4.08. The number of aromatic nitrogens is 2. The van der Waals surface area contributed by atoms with Crippen LogP contribution in [0.2, 0.25) is 0 Å². The predicted octanol–water partition coefficient (Wildman–Crippen LogP) is 0.323. The highest BCUT2D eigenvalue weighted by Crippen LogP contribution is 1.87. The summed E-state index contributed by atoms with van der Waals surface area (Å²) >= 11 is 0. The Morgan fingerprint density at radius 3 is 2.62 bits per heavy atom. The zero-order valence-electron chi connectivity index (χ0n) is 7.68. The molecular weight excluding hydrogens is 170 g/mol. The monoisotopic (exact) mass is 185 g/mol. The van der Waals surface area contributed by atoms with Gasteiger partial charge >= 0.3 is 5.97 Å². The molecule has 0 aromatic carbocycles. The van der Waals surface area contributed by atoms with Gasteiger partial charge in [-0.3, -0.25) is 4.79 Å². The van der Waals surface area contributed by atoms with Gasteiger partial charge in [-0.15, -0.1) is 0 Å². The van der Waals surface area contributed by atoms with Crippen LogP contribution in [0.15, 0.2) is 18.7 Å². The number of carboxylic acid groups (broad SMARTS) is 1. The quantitative estimate of drug-likeness (QED) is 0.710. The molecule has 5 nitrogen and oxygen atoms in total. The molecule has 0 aliphatic carbocycles. The summed E-state index contributed by atoms with van der Waals surface area (Å²) in [4.78, 5) is 13.1. The average molecular weight is 185 g/mol. The molecule has 13 heavy (non-hydrogen) atoms. The van der Waals surface area contributed by atoms with E-state index in [0.717, 1.165) is 6.54 Å². The third-order valence-corrected chi connectivity index (χ3v) is 1.22. The number of carbonyl (C=O) groups is 1. The molecule has 0 bridgehead atoms. The zero-order chi connectivity index (χ0) is 10.1. The Kier molecular flexibility index (Phi) is 6.53. The molecule has 5 heteroatoms. The lowest BCUT2D eigenvalue weighted by Crippen LogP contribution is -2.10. The van der Waals surface area contributed by atoms with E-state index in [2.05, 4.69) is 22.2 Å². The molecule has 3 N–H and O–H groups in total. The van der Waals surface area contributed by atoms with E-state index in [0.29, 0.717) is 0 Å². The van der Waals surface area contributed by atoms with Gasteiger partial charge in [-0.25, -0.2) is 4.98 Å². The maximum atomic E-state index is 9.24. The minimum atomic E-state index is -0.968. The lowest BCUT2D eigenvalue weighted by molar-refractivity contribution is -0.135. The van der Waals surface area contributed by atoms with Gasteiger partial charge in [0.2, 0.25) is 0 Å². The molecule has 1 aromatic heterocycles. The van der Waals surface area contributed by atoms with Gasteiger partial charge in [0.25, 0.3) is 0 Å². The van der Waals surface area contributed by atoms with Crippen LogP contribution in [0.3, 0.4) is 0 Å². The molecule has 74 valence electrons. The molecule has 0 unspecified atom stereocenters. The number of rotatable bonds is 3. The number of aliphatic carboxylic acids is 1. The van der Waals surface area contributed by atoms with Crippen LogP contribution in [-0.2, 0) is 11.3 Å². The molecule has 0 fully saturated rings. The fourth-order valence-corrected chi connectivity index (χ4v) is 0.677. The topological polar surface area (TPSA) is 81.1 Å². The van der Waals surface area contributed by atoms with Crippen molar-refractivity contribution in [3.05, 3.63) is 18.7 Å². The van der Waals surface area contributed by atoms with Crippen molar-refractivity contribution < 1.29 is 9.90 Å². The number of nitrogens with two attached hydrogens (primary N) is 1. The second-order valence-corrected chi connectivity index (χ2v) is 2.40. The van der Waals surface area contributed by atoms with Gasteiger partial charge in [0.15, 0.2) is 0 Å². The molecule has 0 atom stereocenters. The van der Waals surface area contributed by atoms with Crippen molar-refractivity contribution in [2.24, 2.45) is 5.73 Å². The van der Waals surface area contributed by atoms with E-state index in [1.165, 1.54) is 6.42 Å². The number of aryl methyl sites for hydroxylation is 1. The van der Waals surface area contributed by atoms with Crippen LogP contribution in [0, 0.1) is 0 Å². The van der Waals surface area contributed by atoms with Crippen molar-refractivity contribution in [1.29, 1.82) is 0 Å². The van der Waals surface area contributed by atoms with E-state index in [1.54, 1.807) is 6.20 Å². The van der Waals surface area contributed by atoms with Gasteiger partial charge in [-0.2, -0.15) is 0 Å². The largest absolute Gasteiger partial charge is 0.480 e. The van der Waals surface area contributed by atoms with Crippen molar-refractivity contribution in [3.63, 3.8) is 0 Å². The Morgan fingerprint density at radius 2 is 2.31 bits per heavy atom. The third-order valence-electron chi connectivity index (χ3n) is 1.22. The lowest BCUT2D eigenvalue weighted by Gasteiger charge is -1.93. The minimum absolute atomic E-state index is 0.278. The van der Waals surface area contributed by atoms with E-state index in [4.69, 9.17) is 5.11 Å². The molecule has 0 aliphatic heterocycles. The summed E-state index contributed by atoms with van der Waals surface area (Å²) in [6.45, 7) is 2.96. The number of carboxylic acids is 1. The molecular formula is C8H15N3O2. The highest BCUT2D eigenvalue weighted by molar-refractivity contribution is 5.68. The minimum Gasteiger partial charge on any atom is -0.480 e. The van der Waals surface area contributed by atoms with Crippen molar-refractivity contribution in [3.8, 4) is 0 Å². The Labute approximate surface area is 77.2 Å². The van der Waals surface area contributed by atoms with Gasteiger partial charge in [0.05, 0.1) is 12.9 Å². The molecule has 0 aliphatic rings. The first-order valence-electron chi connectivity index (χ1n) is 4.08. The highest BCUT2D eigenvalue weighted by atomic mass is 16.4. The predicted molar refractivity (Wildman–Crippen MR) is 49.2 cm³/mol. The van der Waals surface area contributed by atoms with Crippen molar-refractivity contribution in [2.75, 3.05) is 6.54 Å². The van der Waals surface area contributed by atoms with E-state index in [1.807, 2.05) is 12.5 Å². The Morgan fingerprint density at radius 1 is 1.69 bits per heavy atom. The van der Waals surface area contributed by atoms with Gasteiger partial charge in [0, 0.05) is 18.9 Å². The van der Waals surface area contributed by atoms with Gasteiger partial charge in [0.1, 0.15) is 0 Å². The lowest BCUT2D eigenvalue weighted by atomic mass is 10.5. The number of hydrogen-bond acceptors (Lipinski definition) is 3. The third kappa shape index (κ3) is 7.02. The number of hydrogen-bond donors (Lipinski definition) is 2. The molecule has 1 heterocycles. The summed E-state index contributed by atoms with van der Waals surface area (Å²) in [5.74, 6) is -0.968. The Bertz CT molecular complexity index is 221. The fraction of sp³-hybridized carbons (Fsp3) is 0.500. The van der Waals surface area contributed by atoms with E-state index >= 15 is 0 Å². The SMILES string of the molecule is CCCn1ccnc1.NCC(=O)O. The molecule has 0 radical (unpaired) electrons. The summed E-state index contributed by atoms with van der Waals surface area (Å²) < 4.78 is 2.07. The standard InChI is InChI=1S/C6H10N2.C2H5NO2/c1-2-4-8-5-3-7-6-8;3-1-2(4)5/h3,5-6H,2,4H2,1H3;1,3H2,(H,4,5). The number of imidazole rings is 1. The maximum absolute atomic E-state index is 9.24. The first-order chi connectivity index (χ1) is 6.20. The molecule has 1 rings (SSSR count). The maximum Gasteiger partial charge on any atom is 0.317 e. The summed E-state index contributed by atoms with van der Waals surface area (Å²) in [5, 5.41) is 7.60. The van der Waals surface area contributed by atoms with Crippen molar-refractivity contribution in [2.45, 2.75) is 19.9 Å². The summed E-state index contributed by atoms with van der Waals surface area (Å²) in [6.07, 6.45) is 6.79. The zero-order valence-corrected chi connectivity index (χ0v) is 7.68. The van der Waals surface area contributed by atoms with Crippen LogP contribution in [0.25, 0.3) is 0 Å². The smallest absolute Gasteiger partial charge is 0.317 e. The summed E-state index contributed by atoms with van der Waals surface area (Å²) in [7, 11) is 0. The van der Waals surface area contributed by atoms with Crippen LogP contribution in [0.5, 0.6) is 0 Å². The van der Waals surface area contributed by atoms with Gasteiger partial charge in [-0.1, -0.05) is 6.92 Å². The molecule has 0 spiro atoms. The fourth-order valence-electron chi connectivity index (χ4n) is 0.677. The Balaban J connectivity index is 0.000000252. The van der Waals surface area contributed by atoms with E-state index in [9.17, 15) is 4.79 Å². The van der Waals surface area contributed by atoms with Crippen LogP contribution >= 0.6 is 0 Å². The molecule has 1 aromatic rings. The van der Waals surface area contributed by atoms with Gasteiger partial charge < -0.3 is 15.4 Å². The molecule has 0 saturated carbocycles. The number of nitrogens with zero attached hydrogens (tertiary/aromatic N) is 2. The average Bonchev–Trinajstić information content (AvgIpc) is 2.59. The summed E-state index contributed by atoms with van der Waals surface area (Å²) in [5.41, 5.74) is 4.57. The van der Waals surface area contributed by atoms with Crippen molar-refractivity contribution >= 4 is 5.97 Å². The highest BCUT2D eigenvalue weighted by Gasteiger charge is 1.82. The van der Waals surface area contributed by atoms with Crippen molar-refractivity contribution in [1.82, 2.24) is 9.55 Å². The Hall–Kier alpha value is -1.36. The van der Waals surface area contributed by atoms with E-state index < -0.39 is 5.97 Å². The summed E-state index contributed by atoms with van der Waals surface area (Å²) in [6, 6.07) is 0. The van der Waals surface area contributed by atoms with Crippen LogP contribution in [0.4, 0.5) is 0 Å². The van der Waals surface area contributed by atoms with Crippen LogP contribution < -0.4 is 5.73 Å². The molecule has 0 saturated heterocycles. The first kappa shape index (κ1) is 11.6. The van der Waals surface area contributed by atoms with Crippen LogP contribution in [0.1, 0.15) is 13.3 Å². The van der Waals surface area contributed by atoms with E-state index in [-0.39, 0.29) is 6.54 Å². The molecule has 0 amide bonds. The second-order valence-electron chi connectivity index (χ2n) is 2.40.